The number of rotatable bonds is 3. The molecule has 4 aromatic rings. The van der Waals surface area contributed by atoms with E-state index < -0.39 is 0 Å². The summed E-state index contributed by atoms with van der Waals surface area (Å²) in [6.07, 6.45) is 3.11. The molecule has 0 aliphatic carbocycles. The van der Waals surface area contributed by atoms with Crippen LogP contribution in [0.2, 0.25) is 0 Å². The third kappa shape index (κ3) is 2.52. The van der Waals surface area contributed by atoms with Crippen LogP contribution in [-0.4, -0.2) is 25.5 Å². The van der Waals surface area contributed by atoms with Crippen molar-refractivity contribution >= 4 is 28.7 Å². The summed E-state index contributed by atoms with van der Waals surface area (Å²) in [5, 5.41) is 9.07. The van der Waals surface area contributed by atoms with Gasteiger partial charge in [0.05, 0.1) is 11.9 Å². The second kappa shape index (κ2) is 5.82. The van der Waals surface area contributed by atoms with Crippen LogP contribution in [0.25, 0.3) is 16.9 Å². The van der Waals surface area contributed by atoms with Gasteiger partial charge < -0.3 is 5.32 Å². The molecule has 24 heavy (non-hydrogen) atoms. The van der Waals surface area contributed by atoms with E-state index in [1.165, 1.54) is 21.9 Å². The van der Waals surface area contributed by atoms with Crippen molar-refractivity contribution in [3.8, 4) is 11.3 Å². The fourth-order valence-electron chi connectivity index (χ4n) is 2.30. The maximum Gasteiger partial charge on any atom is 0.285 e. The average Bonchev–Trinajstić information content (AvgIpc) is 3.25. The number of hydrogen-bond donors (Lipinski definition) is 1. The normalized spacial score (nSPS) is 10.9. The number of imidazole rings is 1. The SMILES string of the molecule is O=C(Nc1ccc2ncc(-c3ccccc3F)n2n1)c1nccs1. The molecule has 1 N–H and O–H groups in total. The van der Waals surface area contributed by atoms with Gasteiger partial charge in [-0.25, -0.2) is 18.9 Å². The molecule has 0 fully saturated rings. The average molecular weight is 339 g/mol. The van der Waals surface area contributed by atoms with Gasteiger partial charge in [0.2, 0.25) is 0 Å². The Balaban J connectivity index is 1.74. The summed E-state index contributed by atoms with van der Waals surface area (Å²) in [5.74, 6) is -0.374. The molecule has 8 heteroatoms. The third-order valence-electron chi connectivity index (χ3n) is 3.38. The van der Waals surface area contributed by atoms with Gasteiger partial charge in [0, 0.05) is 17.1 Å². The van der Waals surface area contributed by atoms with E-state index in [0.717, 1.165) is 0 Å². The van der Waals surface area contributed by atoms with Gasteiger partial charge in [-0.3, -0.25) is 4.79 Å². The summed E-state index contributed by atoms with van der Waals surface area (Å²) in [6, 6.07) is 9.74. The molecule has 6 nitrogen and oxygen atoms in total. The molecule has 3 heterocycles. The van der Waals surface area contributed by atoms with Crippen molar-refractivity contribution in [2.75, 3.05) is 5.32 Å². The molecule has 0 unspecified atom stereocenters. The van der Waals surface area contributed by atoms with Gasteiger partial charge in [0.15, 0.2) is 16.5 Å². The Morgan fingerprint density at radius 3 is 2.83 bits per heavy atom. The molecule has 1 aromatic carbocycles. The standard InChI is InChI=1S/C16H10FN5OS/c17-11-4-2-1-3-10(11)12-9-19-14-6-5-13(21-22(12)14)20-15(23)16-18-7-8-24-16/h1-9H,(H,20,21,23). The minimum absolute atomic E-state index is 0.332. The fourth-order valence-corrected chi connectivity index (χ4v) is 2.83. The van der Waals surface area contributed by atoms with Crippen LogP contribution < -0.4 is 5.32 Å². The maximum atomic E-state index is 14.0. The molecule has 0 saturated carbocycles. The first-order chi connectivity index (χ1) is 11.7. The predicted octanol–water partition coefficient (Wildman–Crippen LogP) is 3.24. The molecule has 3 aromatic heterocycles. The highest BCUT2D eigenvalue weighted by Crippen LogP contribution is 2.23. The van der Waals surface area contributed by atoms with E-state index >= 15 is 0 Å². The lowest BCUT2D eigenvalue weighted by Crippen LogP contribution is -2.13. The van der Waals surface area contributed by atoms with Gasteiger partial charge in [-0.05, 0) is 24.3 Å². The van der Waals surface area contributed by atoms with Crippen molar-refractivity contribution in [1.29, 1.82) is 0 Å². The molecule has 4 rings (SSSR count). The molecule has 0 spiro atoms. The van der Waals surface area contributed by atoms with Crippen LogP contribution in [0, 0.1) is 5.82 Å². The van der Waals surface area contributed by atoms with Crippen molar-refractivity contribution in [1.82, 2.24) is 19.6 Å². The number of fused-ring (bicyclic) bond motifs is 1. The number of nitrogens with one attached hydrogen (secondary N) is 1. The van der Waals surface area contributed by atoms with Crippen molar-refractivity contribution in [3.05, 3.63) is 65.0 Å². The Hall–Kier alpha value is -3.13. The largest absolute Gasteiger partial charge is 0.303 e. The van der Waals surface area contributed by atoms with Gasteiger partial charge >= 0.3 is 0 Å². The number of anilines is 1. The van der Waals surface area contributed by atoms with E-state index in [4.69, 9.17) is 0 Å². The summed E-state index contributed by atoms with van der Waals surface area (Å²) in [7, 11) is 0. The Kier molecular flexibility index (Phi) is 3.51. The number of nitrogens with zero attached hydrogens (tertiary/aromatic N) is 4. The number of hydrogen-bond acceptors (Lipinski definition) is 5. The second-order valence-corrected chi connectivity index (χ2v) is 5.80. The van der Waals surface area contributed by atoms with Crippen LogP contribution in [-0.2, 0) is 0 Å². The van der Waals surface area contributed by atoms with E-state index in [0.29, 0.717) is 27.7 Å². The van der Waals surface area contributed by atoms with Gasteiger partial charge in [-0.2, -0.15) is 0 Å². The highest BCUT2D eigenvalue weighted by molar-refractivity contribution is 7.11. The fraction of sp³-hybridized carbons (Fsp3) is 0. The van der Waals surface area contributed by atoms with Gasteiger partial charge in [-0.1, -0.05) is 12.1 Å². The first kappa shape index (κ1) is 14.5. The van der Waals surface area contributed by atoms with Gasteiger partial charge in [-0.15, -0.1) is 16.4 Å². The van der Waals surface area contributed by atoms with Crippen LogP contribution in [0.1, 0.15) is 9.80 Å². The molecule has 0 bridgehead atoms. The number of carbonyl (C=O) groups excluding carboxylic acids is 1. The molecule has 118 valence electrons. The molecule has 0 aliphatic rings. The van der Waals surface area contributed by atoms with Crippen LogP contribution in [0.3, 0.4) is 0 Å². The van der Waals surface area contributed by atoms with E-state index in [1.54, 1.807) is 48.1 Å². The van der Waals surface area contributed by atoms with Crippen molar-refractivity contribution < 1.29 is 9.18 Å². The summed E-state index contributed by atoms with van der Waals surface area (Å²) in [5.41, 5.74) is 1.45. The van der Waals surface area contributed by atoms with Gasteiger partial charge in [0.25, 0.3) is 5.91 Å². The molecular weight excluding hydrogens is 329 g/mol. The van der Waals surface area contributed by atoms with Crippen molar-refractivity contribution in [3.63, 3.8) is 0 Å². The first-order valence-corrected chi connectivity index (χ1v) is 7.91. The summed E-state index contributed by atoms with van der Waals surface area (Å²) in [6.45, 7) is 0. The Morgan fingerprint density at radius 1 is 1.17 bits per heavy atom. The summed E-state index contributed by atoms with van der Waals surface area (Å²) < 4.78 is 15.5. The summed E-state index contributed by atoms with van der Waals surface area (Å²) in [4.78, 5) is 20.2. The Morgan fingerprint density at radius 2 is 2.04 bits per heavy atom. The topological polar surface area (TPSA) is 72.2 Å². The zero-order chi connectivity index (χ0) is 16.5. The van der Waals surface area contributed by atoms with E-state index in [-0.39, 0.29) is 11.7 Å². The van der Waals surface area contributed by atoms with E-state index in [2.05, 4.69) is 20.4 Å². The molecule has 0 radical (unpaired) electrons. The molecule has 1 amide bonds. The first-order valence-electron chi connectivity index (χ1n) is 7.03. The smallest absolute Gasteiger partial charge is 0.285 e. The highest BCUT2D eigenvalue weighted by atomic mass is 32.1. The van der Waals surface area contributed by atoms with E-state index in [9.17, 15) is 9.18 Å². The Bertz CT molecular complexity index is 1030. The van der Waals surface area contributed by atoms with Crippen LogP contribution in [0.15, 0.2) is 54.2 Å². The zero-order valence-corrected chi connectivity index (χ0v) is 13.0. The van der Waals surface area contributed by atoms with Crippen molar-refractivity contribution in [2.24, 2.45) is 0 Å². The maximum absolute atomic E-state index is 14.0. The second-order valence-electron chi connectivity index (χ2n) is 4.90. The minimum atomic E-state index is -0.363. The number of amides is 1. The molecule has 0 aliphatic heterocycles. The number of halogens is 1. The zero-order valence-electron chi connectivity index (χ0n) is 12.2. The van der Waals surface area contributed by atoms with Gasteiger partial charge in [0.1, 0.15) is 5.82 Å². The predicted molar refractivity (Wildman–Crippen MR) is 88.4 cm³/mol. The quantitative estimate of drug-likeness (QED) is 0.622. The van der Waals surface area contributed by atoms with Crippen LogP contribution >= 0.6 is 11.3 Å². The van der Waals surface area contributed by atoms with Crippen LogP contribution in [0.4, 0.5) is 10.2 Å². The van der Waals surface area contributed by atoms with E-state index in [1.807, 2.05) is 0 Å². The number of benzene rings is 1. The minimum Gasteiger partial charge on any atom is -0.303 e. The van der Waals surface area contributed by atoms with Crippen molar-refractivity contribution in [2.45, 2.75) is 0 Å². The lowest BCUT2D eigenvalue weighted by atomic mass is 10.1. The number of aromatic nitrogens is 4. The molecule has 0 atom stereocenters. The Labute approximate surface area is 139 Å². The summed E-state index contributed by atoms with van der Waals surface area (Å²) >= 11 is 1.24. The highest BCUT2D eigenvalue weighted by Gasteiger charge is 2.13. The van der Waals surface area contributed by atoms with Crippen LogP contribution in [0.5, 0.6) is 0 Å². The lowest BCUT2D eigenvalue weighted by Gasteiger charge is -2.05. The monoisotopic (exact) mass is 339 g/mol. The molecular formula is C16H10FN5OS. The molecule has 0 saturated heterocycles. The number of thiazole rings is 1. The lowest BCUT2D eigenvalue weighted by molar-refractivity contribution is 0.102. The number of carbonyl (C=O) groups is 1. The third-order valence-corrected chi connectivity index (χ3v) is 4.15.